The third kappa shape index (κ3) is 6.66. The van der Waals surface area contributed by atoms with Crippen LogP contribution >= 0.6 is 0 Å². The third-order valence-electron chi connectivity index (χ3n) is 5.68. The highest BCUT2D eigenvalue weighted by Gasteiger charge is 2.46. The molecule has 1 aromatic rings. The van der Waals surface area contributed by atoms with Crippen LogP contribution in [0, 0.1) is 11.8 Å². The molecule has 2 unspecified atom stereocenters. The van der Waals surface area contributed by atoms with E-state index >= 15 is 0 Å². The summed E-state index contributed by atoms with van der Waals surface area (Å²) in [6, 6.07) is -0.346. The Hall–Kier alpha value is -2.69. The van der Waals surface area contributed by atoms with Crippen LogP contribution in [0.1, 0.15) is 50.9 Å². The standard InChI is InChI=1S/C22H31F3N4O4/c1-12(2)16(18(30)22(23,24)25)27-20(32)15-8-6-10-29(15)21(33)17(13(3)4)28-19(31)14-7-5-9-26-11-14/h5,7,9,11-13,15-18,30H,6,8,10H2,1-4H3,(H,27,32)(H,28,31)/t15-,16?,17-,18?/m0/s1. The van der Waals surface area contributed by atoms with Crippen LogP contribution in [0.4, 0.5) is 13.2 Å². The Morgan fingerprint density at radius 3 is 2.33 bits per heavy atom. The molecule has 4 atom stereocenters. The van der Waals surface area contributed by atoms with Crippen LogP contribution in [0.25, 0.3) is 0 Å². The molecule has 0 spiro atoms. The number of alkyl halides is 3. The molecular formula is C22H31F3N4O4. The minimum absolute atomic E-state index is 0.233. The van der Waals surface area contributed by atoms with Gasteiger partial charge in [0.05, 0.1) is 11.6 Å². The minimum atomic E-state index is -4.90. The summed E-state index contributed by atoms with van der Waals surface area (Å²) < 4.78 is 39.1. The van der Waals surface area contributed by atoms with E-state index in [1.54, 1.807) is 26.0 Å². The lowest BCUT2D eigenvalue weighted by Gasteiger charge is -2.33. The van der Waals surface area contributed by atoms with E-state index in [-0.39, 0.29) is 24.4 Å². The number of aliphatic hydroxyl groups is 1. The molecule has 0 bridgehead atoms. The molecule has 0 radical (unpaired) electrons. The normalized spacial score (nSPS) is 19.3. The van der Waals surface area contributed by atoms with Gasteiger partial charge in [-0.2, -0.15) is 13.2 Å². The zero-order valence-corrected chi connectivity index (χ0v) is 19.1. The zero-order valence-electron chi connectivity index (χ0n) is 19.1. The fraction of sp³-hybridized carbons (Fsp3) is 0.636. The van der Waals surface area contributed by atoms with Crippen molar-refractivity contribution in [3.63, 3.8) is 0 Å². The van der Waals surface area contributed by atoms with Gasteiger partial charge in [0.15, 0.2) is 6.10 Å². The molecule has 1 aliphatic heterocycles. The highest BCUT2D eigenvalue weighted by Crippen LogP contribution is 2.27. The lowest BCUT2D eigenvalue weighted by atomic mass is 9.97. The average Bonchev–Trinajstić information content (AvgIpc) is 3.24. The molecule has 1 aliphatic rings. The Morgan fingerprint density at radius 1 is 1.15 bits per heavy atom. The number of aliphatic hydroxyl groups excluding tert-OH is 1. The summed E-state index contributed by atoms with van der Waals surface area (Å²) in [6.07, 6.45) is -4.00. The maximum Gasteiger partial charge on any atom is 0.416 e. The first-order valence-electron chi connectivity index (χ1n) is 10.9. The fourth-order valence-corrected chi connectivity index (χ4v) is 3.79. The van der Waals surface area contributed by atoms with Crippen LogP contribution in [0.3, 0.4) is 0 Å². The summed E-state index contributed by atoms with van der Waals surface area (Å²) in [5.41, 5.74) is 0.271. The Balaban J connectivity index is 2.16. The third-order valence-corrected chi connectivity index (χ3v) is 5.68. The first-order valence-corrected chi connectivity index (χ1v) is 10.9. The van der Waals surface area contributed by atoms with E-state index in [0.29, 0.717) is 6.42 Å². The van der Waals surface area contributed by atoms with Gasteiger partial charge < -0.3 is 20.6 Å². The molecule has 1 aromatic heterocycles. The van der Waals surface area contributed by atoms with Gasteiger partial charge in [-0.25, -0.2) is 0 Å². The Morgan fingerprint density at radius 2 is 1.82 bits per heavy atom. The van der Waals surface area contributed by atoms with Crippen molar-refractivity contribution < 1.29 is 32.7 Å². The first-order chi connectivity index (χ1) is 15.3. The summed E-state index contributed by atoms with van der Waals surface area (Å²) >= 11 is 0. The second-order valence-electron chi connectivity index (χ2n) is 8.89. The molecule has 3 amide bonds. The van der Waals surface area contributed by atoms with Crippen LogP contribution in [-0.4, -0.2) is 69.7 Å². The number of likely N-dealkylation sites (tertiary alicyclic amines) is 1. The molecular weight excluding hydrogens is 441 g/mol. The van der Waals surface area contributed by atoms with Crippen molar-refractivity contribution >= 4 is 17.7 Å². The van der Waals surface area contributed by atoms with Gasteiger partial charge in [-0.15, -0.1) is 0 Å². The van der Waals surface area contributed by atoms with E-state index in [0.717, 1.165) is 0 Å². The van der Waals surface area contributed by atoms with E-state index in [4.69, 9.17) is 0 Å². The lowest BCUT2D eigenvalue weighted by Crippen LogP contribution is -2.59. The molecule has 8 nitrogen and oxygen atoms in total. The average molecular weight is 473 g/mol. The molecule has 0 aliphatic carbocycles. The van der Waals surface area contributed by atoms with Crippen LogP contribution in [0.15, 0.2) is 24.5 Å². The highest BCUT2D eigenvalue weighted by atomic mass is 19.4. The largest absolute Gasteiger partial charge is 0.416 e. The van der Waals surface area contributed by atoms with Crippen molar-refractivity contribution in [3.8, 4) is 0 Å². The van der Waals surface area contributed by atoms with Crippen molar-refractivity contribution in [2.24, 2.45) is 11.8 Å². The second-order valence-corrected chi connectivity index (χ2v) is 8.89. The number of rotatable bonds is 8. The van der Waals surface area contributed by atoms with Crippen molar-refractivity contribution in [1.29, 1.82) is 0 Å². The number of halogens is 3. The molecule has 0 aromatic carbocycles. The predicted octanol–water partition coefficient (Wildman–Crippen LogP) is 1.89. The molecule has 2 heterocycles. The van der Waals surface area contributed by atoms with Gasteiger partial charge in [0.25, 0.3) is 5.91 Å². The lowest BCUT2D eigenvalue weighted by molar-refractivity contribution is -0.215. The summed E-state index contributed by atoms with van der Waals surface area (Å²) in [4.78, 5) is 43.9. The Bertz CT molecular complexity index is 833. The van der Waals surface area contributed by atoms with E-state index in [1.165, 1.54) is 31.1 Å². The molecule has 3 N–H and O–H groups in total. The highest BCUT2D eigenvalue weighted by molar-refractivity contribution is 5.98. The van der Waals surface area contributed by atoms with E-state index < -0.39 is 54.0 Å². The quantitative estimate of drug-likeness (QED) is 0.535. The topological polar surface area (TPSA) is 112 Å². The van der Waals surface area contributed by atoms with Gasteiger partial charge in [-0.3, -0.25) is 19.4 Å². The van der Waals surface area contributed by atoms with Gasteiger partial charge in [0, 0.05) is 18.9 Å². The molecule has 184 valence electrons. The summed E-state index contributed by atoms with van der Waals surface area (Å²) in [5, 5.41) is 14.6. The Labute approximate surface area is 190 Å². The number of hydrogen-bond donors (Lipinski definition) is 3. The van der Waals surface area contributed by atoms with Crippen LogP contribution < -0.4 is 10.6 Å². The molecule has 0 saturated carbocycles. The SMILES string of the molecule is CC(C)C(NC(=O)[C@@H]1CCCN1C(=O)[C@@H](NC(=O)c1cccnc1)C(C)C)C(O)C(F)(F)F. The number of nitrogens with zero attached hydrogens (tertiary/aromatic N) is 2. The van der Waals surface area contributed by atoms with Crippen molar-refractivity contribution in [1.82, 2.24) is 20.5 Å². The van der Waals surface area contributed by atoms with Crippen molar-refractivity contribution in [2.75, 3.05) is 6.54 Å². The van der Waals surface area contributed by atoms with Crippen molar-refractivity contribution in [3.05, 3.63) is 30.1 Å². The number of carbonyl (C=O) groups is 3. The van der Waals surface area contributed by atoms with Crippen LogP contribution in [0.2, 0.25) is 0 Å². The van der Waals surface area contributed by atoms with Gasteiger partial charge in [0.2, 0.25) is 11.8 Å². The number of pyridine rings is 1. The molecule has 2 rings (SSSR count). The fourth-order valence-electron chi connectivity index (χ4n) is 3.79. The zero-order chi connectivity index (χ0) is 24.9. The minimum Gasteiger partial charge on any atom is -0.382 e. The molecule has 11 heteroatoms. The summed E-state index contributed by atoms with van der Waals surface area (Å²) in [5.74, 6) is -2.75. The number of nitrogens with one attached hydrogen (secondary N) is 2. The van der Waals surface area contributed by atoms with E-state index in [2.05, 4.69) is 15.6 Å². The smallest absolute Gasteiger partial charge is 0.382 e. The van der Waals surface area contributed by atoms with Gasteiger partial charge in [-0.1, -0.05) is 27.7 Å². The number of aromatic nitrogens is 1. The Kier molecular flexibility index (Phi) is 8.82. The summed E-state index contributed by atoms with van der Waals surface area (Å²) in [7, 11) is 0. The first kappa shape index (κ1) is 26.6. The monoisotopic (exact) mass is 472 g/mol. The molecule has 33 heavy (non-hydrogen) atoms. The van der Waals surface area contributed by atoms with Crippen LogP contribution in [0.5, 0.6) is 0 Å². The number of carbonyl (C=O) groups excluding carboxylic acids is 3. The number of hydrogen-bond acceptors (Lipinski definition) is 5. The number of amides is 3. The van der Waals surface area contributed by atoms with E-state index in [1.807, 2.05) is 0 Å². The second kappa shape index (κ2) is 11.0. The van der Waals surface area contributed by atoms with Crippen molar-refractivity contribution in [2.45, 2.75) is 70.9 Å². The van der Waals surface area contributed by atoms with Gasteiger partial charge >= 0.3 is 6.18 Å². The maximum absolute atomic E-state index is 13.3. The molecule has 1 saturated heterocycles. The van der Waals surface area contributed by atoms with Gasteiger partial charge in [0.1, 0.15) is 12.1 Å². The van der Waals surface area contributed by atoms with Crippen LogP contribution in [-0.2, 0) is 9.59 Å². The van der Waals surface area contributed by atoms with Gasteiger partial charge in [-0.05, 0) is 36.8 Å². The predicted molar refractivity (Wildman–Crippen MR) is 114 cm³/mol. The molecule has 1 fully saturated rings. The summed E-state index contributed by atoms with van der Waals surface area (Å²) in [6.45, 7) is 6.63. The maximum atomic E-state index is 13.3. The van der Waals surface area contributed by atoms with E-state index in [9.17, 15) is 32.7 Å².